The monoisotopic (exact) mass is 382 g/mol. The molecule has 2 heterocycles. The van der Waals surface area contributed by atoms with E-state index in [0.29, 0.717) is 25.4 Å². The smallest absolute Gasteiger partial charge is 0.225 e. The molecular formula is C18H26N2O5S. The van der Waals surface area contributed by atoms with Gasteiger partial charge in [-0.2, -0.15) is 0 Å². The molecule has 2 aliphatic rings. The van der Waals surface area contributed by atoms with Crippen molar-refractivity contribution >= 4 is 15.7 Å². The van der Waals surface area contributed by atoms with Crippen LogP contribution in [0.1, 0.15) is 19.4 Å². The molecule has 2 saturated heterocycles. The van der Waals surface area contributed by atoms with Crippen LogP contribution in [0.25, 0.3) is 0 Å². The van der Waals surface area contributed by atoms with Crippen molar-refractivity contribution in [1.82, 2.24) is 9.80 Å². The van der Waals surface area contributed by atoms with Gasteiger partial charge in [0.15, 0.2) is 21.3 Å². The number of carbonyl (C=O) groups is 1. The van der Waals surface area contributed by atoms with E-state index in [1.807, 2.05) is 19.9 Å². The summed E-state index contributed by atoms with van der Waals surface area (Å²) in [5.74, 6) is 0.432. The summed E-state index contributed by atoms with van der Waals surface area (Å²) in [6.07, 6.45) is 0. The van der Waals surface area contributed by atoms with Crippen LogP contribution in [0.15, 0.2) is 18.2 Å². The van der Waals surface area contributed by atoms with Crippen molar-refractivity contribution in [3.63, 3.8) is 0 Å². The van der Waals surface area contributed by atoms with Crippen LogP contribution in [0.2, 0.25) is 0 Å². The van der Waals surface area contributed by atoms with Crippen LogP contribution in [0, 0.1) is 5.92 Å². The third-order valence-corrected chi connectivity index (χ3v) is 6.90. The molecule has 0 aromatic heterocycles. The Morgan fingerprint density at radius 3 is 2.58 bits per heavy atom. The second kappa shape index (κ2) is 7.08. The molecule has 8 heteroatoms. The second-order valence-electron chi connectivity index (χ2n) is 7.37. The van der Waals surface area contributed by atoms with Gasteiger partial charge in [-0.25, -0.2) is 8.42 Å². The fourth-order valence-corrected chi connectivity index (χ4v) is 5.91. The van der Waals surface area contributed by atoms with Crippen LogP contribution in [0.3, 0.4) is 0 Å². The van der Waals surface area contributed by atoms with E-state index in [1.54, 1.807) is 17.0 Å². The number of sulfone groups is 1. The Hall–Kier alpha value is -1.80. The van der Waals surface area contributed by atoms with E-state index in [9.17, 15) is 18.3 Å². The number of methoxy groups -OCH3 is 1. The minimum atomic E-state index is -3.17. The van der Waals surface area contributed by atoms with E-state index in [1.165, 1.54) is 7.11 Å². The van der Waals surface area contributed by atoms with Crippen LogP contribution in [-0.2, 0) is 21.2 Å². The van der Waals surface area contributed by atoms with Gasteiger partial charge in [0.25, 0.3) is 0 Å². The summed E-state index contributed by atoms with van der Waals surface area (Å²) >= 11 is 0. The first kappa shape index (κ1) is 19.0. The van der Waals surface area contributed by atoms with Gasteiger partial charge in [-0.1, -0.05) is 19.9 Å². The lowest BCUT2D eigenvalue weighted by Crippen LogP contribution is -2.60. The number of hydrogen-bond donors (Lipinski definition) is 1. The topological polar surface area (TPSA) is 87.2 Å². The zero-order valence-electron chi connectivity index (χ0n) is 15.4. The number of phenolic OH excluding ortho intramolecular Hbond substituents is 1. The summed E-state index contributed by atoms with van der Waals surface area (Å²) in [7, 11) is -1.68. The zero-order chi connectivity index (χ0) is 19.1. The molecule has 2 aliphatic heterocycles. The molecule has 1 aromatic carbocycles. The van der Waals surface area contributed by atoms with E-state index in [-0.39, 0.29) is 41.2 Å². The summed E-state index contributed by atoms with van der Waals surface area (Å²) in [6.45, 7) is 5.34. The fourth-order valence-electron chi connectivity index (χ4n) is 3.89. The Morgan fingerprint density at radius 1 is 1.27 bits per heavy atom. The molecule has 2 fully saturated rings. The second-order valence-corrected chi connectivity index (χ2v) is 9.53. The maximum Gasteiger partial charge on any atom is 0.225 e. The normalized spacial score (nSPS) is 25.3. The first-order valence-electron chi connectivity index (χ1n) is 8.82. The number of carbonyl (C=O) groups excluding carboxylic acids is 1. The van der Waals surface area contributed by atoms with Crippen LogP contribution in [0.4, 0.5) is 0 Å². The van der Waals surface area contributed by atoms with E-state index in [0.717, 1.165) is 5.56 Å². The van der Waals surface area contributed by atoms with Gasteiger partial charge in [-0.3, -0.25) is 9.69 Å². The summed E-state index contributed by atoms with van der Waals surface area (Å²) < 4.78 is 29.6. The highest BCUT2D eigenvalue weighted by Gasteiger charge is 2.48. The molecule has 0 bridgehead atoms. The van der Waals surface area contributed by atoms with Gasteiger partial charge < -0.3 is 14.7 Å². The summed E-state index contributed by atoms with van der Waals surface area (Å²) in [4.78, 5) is 16.4. The quantitative estimate of drug-likeness (QED) is 0.831. The number of ether oxygens (including phenoxy) is 1. The average molecular weight is 382 g/mol. The number of benzene rings is 1. The van der Waals surface area contributed by atoms with Gasteiger partial charge in [0.05, 0.1) is 24.7 Å². The summed E-state index contributed by atoms with van der Waals surface area (Å²) in [5, 5.41) is 9.97. The molecule has 7 nitrogen and oxygen atoms in total. The third-order valence-electron chi connectivity index (χ3n) is 5.20. The number of amides is 1. The first-order valence-corrected chi connectivity index (χ1v) is 10.6. The van der Waals surface area contributed by atoms with Gasteiger partial charge in [-0.05, 0) is 17.7 Å². The molecule has 0 radical (unpaired) electrons. The van der Waals surface area contributed by atoms with Gasteiger partial charge in [-0.15, -0.1) is 0 Å². The molecule has 144 valence electrons. The molecule has 1 aromatic rings. The lowest BCUT2D eigenvalue weighted by molar-refractivity contribution is -0.140. The molecule has 1 amide bonds. The molecule has 26 heavy (non-hydrogen) atoms. The Balaban J connectivity index is 1.82. The number of fused-ring (bicyclic) bond motifs is 1. The highest BCUT2D eigenvalue weighted by molar-refractivity contribution is 7.91. The Morgan fingerprint density at radius 2 is 1.96 bits per heavy atom. The highest BCUT2D eigenvalue weighted by atomic mass is 32.2. The number of piperazine rings is 1. The number of phenols is 1. The van der Waals surface area contributed by atoms with Crippen molar-refractivity contribution < 1.29 is 23.1 Å². The number of rotatable bonds is 4. The standard InChI is InChI=1S/C18H26N2O5S/c1-12(2)18(22)20-7-6-19(14-10-26(23,24)11-15(14)20)9-13-4-5-17(25-3)16(21)8-13/h4-5,8,12,14-15,21H,6-7,9-11H2,1-3H3/t14-,15+/m0/s1. The first-order chi connectivity index (χ1) is 12.2. The van der Waals surface area contributed by atoms with Crippen LogP contribution >= 0.6 is 0 Å². The zero-order valence-corrected chi connectivity index (χ0v) is 16.2. The van der Waals surface area contributed by atoms with Crippen LogP contribution in [0.5, 0.6) is 11.5 Å². The van der Waals surface area contributed by atoms with E-state index >= 15 is 0 Å². The Labute approximate surface area is 154 Å². The predicted octanol–water partition coefficient (Wildman–Crippen LogP) is 0.867. The van der Waals surface area contributed by atoms with Gasteiger partial charge >= 0.3 is 0 Å². The summed E-state index contributed by atoms with van der Waals surface area (Å²) in [6, 6.07) is 4.70. The van der Waals surface area contributed by atoms with Crippen molar-refractivity contribution in [2.45, 2.75) is 32.5 Å². The molecule has 2 atom stereocenters. The maximum atomic E-state index is 12.5. The lowest BCUT2D eigenvalue weighted by atomic mass is 10.0. The summed E-state index contributed by atoms with van der Waals surface area (Å²) in [5.41, 5.74) is 0.884. The molecule has 0 saturated carbocycles. The average Bonchev–Trinajstić information content (AvgIpc) is 2.90. The Bertz CT molecular complexity index is 793. The third kappa shape index (κ3) is 3.66. The molecule has 3 rings (SSSR count). The highest BCUT2D eigenvalue weighted by Crippen LogP contribution is 2.31. The van der Waals surface area contributed by atoms with Crippen molar-refractivity contribution in [2.24, 2.45) is 5.92 Å². The molecule has 1 N–H and O–H groups in total. The largest absolute Gasteiger partial charge is 0.504 e. The fraction of sp³-hybridized carbons (Fsp3) is 0.611. The van der Waals surface area contributed by atoms with E-state index < -0.39 is 9.84 Å². The van der Waals surface area contributed by atoms with Crippen molar-refractivity contribution in [1.29, 1.82) is 0 Å². The lowest BCUT2D eigenvalue weighted by Gasteiger charge is -2.44. The van der Waals surface area contributed by atoms with E-state index in [4.69, 9.17) is 4.74 Å². The van der Waals surface area contributed by atoms with E-state index in [2.05, 4.69) is 4.90 Å². The molecule has 0 spiro atoms. The van der Waals surface area contributed by atoms with Crippen molar-refractivity contribution in [2.75, 3.05) is 31.7 Å². The number of hydrogen-bond acceptors (Lipinski definition) is 6. The molecular weight excluding hydrogens is 356 g/mol. The minimum Gasteiger partial charge on any atom is -0.504 e. The predicted molar refractivity (Wildman–Crippen MR) is 97.8 cm³/mol. The minimum absolute atomic E-state index is 0.0128. The van der Waals surface area contributed by atoms with Crippen LogP contribution < -0.4 is 4.74 Å². The Kier molecular flexibility index (Phi) is 5.16. The maximum absolute atomic E-state index is 12.5. The van der Waals surface area contributed by atoms with Crippen molar-refractivity contribution in [3.05, 3.63) is 23.8 Å². The molecule has 0 aliphatic carbocycles. The van der Waals surface area contributed by atoms with Crippen molar-refractivity contribution in [3.8, 4) is 11.5 Å². The van der Waals surface area contributed by atoms with Gasteiger partial charge in [0.2, 0.25) is 5.91 Å². The number of aromatic hydroxyl groups is 1. The molecule has 0 unspecified atom stereocenters. The van der Waals surface area contributed by atoms with Gasteiger partial charge in [0.1, 0.15) is 0 Å². The van der Waals surface area contributed by atoms with Crippen LogP contribution in [-0.4, -0.2) is 73.0 Å². The van der Waals surface area contributed by atoms with Gasteiger partial charge in [0, 0.05) is 31.6 Å². The SMILES string of the molecule is COc1ccc(CN2CCN(C(=O)C(C)C)[C@@H]3CS(=O)(=O)C[C@@H]32)cc1O. The number of nitrogens with zero attached hydrogens (tertiary/aromatic N) is 2.